The summed E-state index contributed by atoms with van der Waals surface area (Å²) < 4.78 is 27.0. The van der Waals surface area contributed by atoms with E-state index in [4.69, 9.17) is 5.73 Å². The quantitative estimate of drug-likeness (QED) is 0.204. The predicted octanol–water partition coefficient (Wildman–Crippen LogP) is 2.75. The molecule has 0 amide bonds. The molecule has 0 aliphatic carbocycles. The molecule has 0 unspecified atom stereocenters. The number of nitrogens with zero attached hydrogens (tertiary/aromatic N) is 1. The van der Waals surface area contributed by atoms with Crippen LogP contribution in [0.15, 0.2) is 16.0 Å². The summed E-state index contributed by atoms with van der Waals surface area (Å²) in [7, 11) is -3.46. The third-order valence-electron chi connectivity index (χ3n) is 3.30. The molecule has 140 valence electrons. The Morgan fingerprint density at radius 2 is 1.96 bits per heavy atom. The fourth-order valence-electron chi connectivity index (χ4n) is 2.12. The summed E-state index contributed by atoms with van der Waals surface area (Å²) >= 11 is 1.48. The molecular formula is C15H29IN4O2S2. The molecule has 1 aromatic rings. The van der Waals surface area contributed by atoms with Gasteiger partial charge in [-0.05, 0) is 26.3 Å². The van der Waals surface area contributed by atoms with E-state index in [9.17, 15) is 8.42 Å². The zero-order valence-electron chi connectivity index (χ0n) is 14.6. The summed E-state index contributed by atoms with van der Waals surface area (Å²) in [5, 5.41) is 2.92. The van der Waals surface area contributed by atoms with Crippen molar-refractivity contribution in [1.82, 2.24) is 10.0 Å². The van der Waals surface area contributed by atoms with Gasteiger partial charge in [0.2, 0.25) is 10.0 Å². The lowest BCUT2D eigenvalue weighted by atomic mass is 10.2. The molecule has 1 rings (SSSR count). The van der Waals surface area contributed by atoms with Crippen molar-refractivity contribution in [1.29, 1.82) is 0 Å². The van der Waals surface area contributed by atoms with Crippen molar-refractivity contribution in [3.63, 3.8) is 0 Å². The Morgan fingerprint density at radius 3 is 2.54 bits per heavy atom. The summed E-state index contributed by atoms with van der Waals surface area (Å²) in [5.74, 6) is 0.364. The number of nitrogens with one attached hydrogen (secondary N) is 2. The number of halogens is 1. The van der Waals surface area contributed by atoms with Crippen LogP contribution in [0.2, 0.25) is 0 Å². The number of sulfonamides is 1. The number of guanidine groups is 1. The first-order chi connectivity index (χ1) is 10.9. The minimum atomic E-state index is -3.46. The van der Waals surface area contributed by atoms with Gasteiger partial charge in [0.05, 0.1) is 4.90 Å². The van der Waals surface area contributed by atoms with Gasteiger partial charge in [-0.25, -0.2) is 13.1 Å². The molecule has 0 aliphatic heterocycles. The predicted molar refractivity (Wildman–Crippen MR) is 113 cm³/mol. The van der Waals surface area contributed by atoms with Crippen molar-refractivity contribution in [3.8, 4) is 0 Å². The third kappa shape index (κ3) is 8.63. The largest absolute Gasteiger partial charge is 0.370 e. The van der Waals surface area contributed by atoms with Crippen LogP contribution < -0.4 is 15.8 Å². The molecule has 0 fully saturated rings. The lowest BCUT2D eigenvalue weighted by Gasteiger charge is -2.08. The summed E-state index contributed by atoms with van der Waals surface area (Å²) in [4.78, 5) is 6.36. The molecule has 0 aromatic carbocycles. The zero-order valence-corrected chi connectivity index (χ0v) is 18.6. The van der Waals surface area contributed by atoms with E-state index in [0.717, 1.165) is 22.6 Å². The number of unbranched alkanes of at least 4 members (excludes halogenated alkanes) is 3. The minimum absolute atomic E-state index is 0. The lowest BCUT2D eigenvalue weighted by molar-refractivity contribution is 0.580. The number of hydrogen-bond acceptors (Lipinski definition) is 4. The molecule has 1 aromatic heterocycles. The number of aryl methyl sites for hydroxylation is 2. The van der Waals surface area contributed by atoms with Crippen LogP contribution in [-0.4, -0.2) is 34.0 Å². The summed E-state index contributed by atoms with van der Waals surface area (Å²) in [6.45, 7) is 7.26. The molecule has 9 heteroatoms. The van der Waals surface area contributed by atoms with E-state index in [1.54, 1.807) is 6.07 Å². The van der Waals surface area contributed by atoms with E-state index in [2.05, 4.69) is 22.0 Å². The van der Waals surface area contributed by atoms with Crippen molar-refractivity contribution < 1.29 is 8.42 Å². The Balaban J connectivity index is 0.00000529. The normalized spacial score (nSPS) is 12.0. The van der Waals surface area contributed by atoms with Gasteiger partial charge in [0.1, 0.15) is 0 Å². The van der Waals surface area contributed by atoms with Crippen molar-refractivity contribution in [2.75, 3.05) is 19.6 Å². The fraction of sp³-hybridized carbons (Fsp3) is 0.667. The highest BCUT2D eigenvalue weighted by Gasteiger charge is 2.18. The first-order valence-electron chi connectivity index (χ1n) is 7.97. The Kier molecular flexibility index (Phi) is 11.8. The van der Waals surface area contributed by atoms with Gasteiger partial charge < -0.3 is 11.1 Å². The number of thiophene rings is 1. The Hall–Kier alpha value is -0.390. The molecule has 1 heterocycles. The van der Waals surface area contributed by atoms with Crippen molar-refractivity contribution in [2.45, 2.75) is 51.3 Å². The lowest BCUT2D eigenvalue weighted by Crippen LogP contribution is -2.38. The highest BCUT2D eigenvalue weighted by atomic mass is 127. The molecule has 0 saturated carbocycles. The number of hydrogen-bond donors (Lipinski definition) is 3. The van der Waals surface area contributed by atoms with E-state index in [1.807, 2.05) is 13.8 Å². The van der Waals surface area contributed by atoms with Crippen LogP contribution in [0.3, 0.4) is 0 Å². The van der Waals surface area contributed by atoms with Crippen LogP contribution in [0, 0.1) is 13.8 Å². The molecule has 0 radical (unpaired) electrons. The Morgan fingerprint density at radius 1 is 1.25 bits per heavy atom. The maximum atomic E-state index is 12.2. The topological polar surface area (TPSA) is 96.6 Å². The van der Waals surface area contributed by atoms with Crippen LogP contribution in [0.4, 0.5) is 0 Å². The van der Waals surface area contributed by atoms with Crippen LogP contribution >= 0.6 is 35.3 Å². The van der Waals surface area contributed by atoms with Gasteiger partial charge >= 0.3 is 0 Å². The summed E-state index contributed by atoms with van der Waals surface area (Å²) in [6.07, 6.45) is 4.60. The van der Waals surface area contributed by atoms with Crippen LogP contribution in [0.25, 0.3) is 0 Å². The van der Waals surface area contributed by atoms with Crippen molar-refractivity contribution >= 4 is 51.3 Å². The first kappa shape index (κ1) is 23.6. The van der Waals surface area contributed by atoms with Gasteiger partial charge in [-0.2, -0.15) is 0 Å². The van der Waals surface area contributed by atoms with Crippen LogP contribution in [-0.2, 0) is 10.0 Å². The Bertz CT molecular complexity index is 615. The SMILES string of the molecule is CCCCCCN=C(N)NCCNS(=O)(=O)c1cc(C)sc1C.I. The van der Waals surface area contributed by atoms with E-state index in [1.165, 1.54) is 24.2 Å². The Labute approximate surface area is 166 Å². The maximum absolute atomic E-state index is 12.2. The zero-order chi connectivity index (χ0) is 17.3. The molecule has 24 heavy (non-hydrogen) atoms. The molecule has 0 aliphatic rings. The van der Waals surface area contributed by atoms with Gasteiger partial charge in [0, 0.05) is 29.4 Å². The summed E-state index contributed by atoms with van der Waals surface area (Å²) in [6, 6.07) is 1.70. The second-order valence-electron chi connectivity index (χ2n) is 5.43. The van der Waals surface area contributed by atoms with E-state index in [0.29, 0.717) is 23.9 Å². The van der Waals surface area contributed by atoms with Gasteiger partial charge in [-0.1, -0.05) is 26.2 Å². The monoisotopic (exact) mass is 488 g/mol. The summed E-state index contributed by atoms with van der Waals surface area (Å²) in [5.41, 5.74) is 5.74. The van der Waals surface area contributed by atoms with Gasteiger partial charge in [0.25, 0.3) is 0 Å². The standard InChI is InChI=1S/C15H28N4O2S2.HI/c1-4-5-6-7-8-17-15(16)18-9-10-19-23(20,21)14-11-12(2)22-13(14)3;/h11,19H,4-10H2,1-3H3,(H3,16,17,18);1H. The number of nitrogens with two attached hydrogens (primary N) is 1. The highest BCUT2D eigenvalue weighted by Crippen LogP contribution is 2.24. The smallest absolute Gasteiger partial charge is 0.241 e. The van der Waals surface area contributed by atoms with Crippen LogP contribution in [0.5, 0.6) is 0 Å². The number of rotatable bonds is 10. The molecule has 4 N–H and O–H groups in total. The average molecular weight is 488 g/mol. The second kappa shape index (κ2) is 12.0. The molecule has 0 spiro atoms. The molecular weight excluding hydrogens is 459 g/mol. The van der Waals surface area contributed by atoms with Gasteiger partial charge in [-0.3, -0.25) is 4.99 Å². The van der Waals surface area contributed by atoms with Crippen LogP contribution in [0.1, 0.15) is 42.4 Å². The first-order valence-corrected chi connectivity index (χ1v) is 10.3. The van der Waals surface area contributed by atoms with Gasteiger partial charge in [0.15, 0.2) is 5.96 Å². The minimum Gasteiger partial charge on any atom is -0.370 e. The average Bonchev–Trinajstić information content (AvgIpc) is 2.83. The molecule has 0 bridgehead atoms. The highest BCUT2D eigenvalue weighted by molar-refractivity contribution is 14.0. The maximum Gasteiger partial charge on any atom is 0.241 e. The third-order valence-corrected chi connectivity index (χ3v) is 5.98. The van der Waals surface area contributed by atoms with Crippen molar-refractivity contribution in [3.05, 3.63) is 15.8 Å². The molecule has 0 atom stereocenters. The van der Waals surface area contributed by atoms with E-state index >= 15 is 0 Å². The van der Waals surface area contributed by atoms with Gasteiger partial charge in [-0.15, -0.1) is 35.3 Å². The molecule has 6 nitrogen and oxygen atoms in total. The van der Waals surface area contributed by atoms with Crippen molar-refractivity contribution in [2.24, 2.45) is 10.7 Å². The fourth-order valence-corrected chi connectivity index (χ4v) is 4.71. The molecule has 0 saturated heterocycles. The van der Waals surface area contributed by atoms with E-state index < -0.39 is 10.0 Å². The van der Waals surface area contributed by atoms with E-state index in [-0.39, 0.29) is 30.5 Å². The second-order valence-corrected chi connectivity index (χ2v) is 8.63. The number of aliphatic imine (C=N–C) groups is 1.